The number of hydrogen-bond donors (Lipinski definition) is 0. The maximum Gasteiger partial charge on any atom is 0.280 e. The maximum absolute atomic E-state index is 12.8. The van der Waals surface area contributed by atoms with Gasteiger partial charge in [0.05, 0.1) is 27.9 Å². The van der Waals surface area contributed by atoms with E-state index in [4.69, 9.17) is 16.0 Å². The van der Waals surface area contributed by atoms with E-state index < -0.39 is 0 Å². The number of hydrogen-bond acceptors (Lipinski definition) is 4. The van der Waals surface area contributed by atoms with Gasteiger partial charge in [0.25, 0.3) is 5.91 Å². The first-order valence-electron chi connectivity index (χ1n) is 8.34. The minimum absolute atomic E-state index is 0.246. The van der Waals surface area contributed by atoms with Gasteiger partial charge in [0.15, 0.2) is 5.43 Å². The van der Waals surface area contributed by atoms with Gasteiger partial charge >= 0.3 is 0 Å². The van der Waals surface area contributed by atoms with Crippen LogP contribution in [0.4, 0.5) is 5.69 Å². The second kappa shape index (κ2) is 6.52. The molecule has 0 saturated heterocycles. The lowest BCUT2D eigenvalue weighted by Crippen LogP contribution is -2.21. The summed E-state index contributed by atoms with van der Waals surface area (Å²) in [6.45, 7) is 3.57. The average molecular weight is 379 g/mol. The SMILES string of the molecule is CC1=NN(c2ccccc2)C(=O)/C1=C\c1coc2cc(C)c(Cl)cc2c1=O. The van der Waals surface area contributed by atoms with Crippen LogP contribution in [-0.2, 0) is 4.79 Å². The van der Waals surface area contributed by atoms with Gasteiger partial charge in [-0.25, -0.2) is 0 Å². The summed E-state index contributed by atoms with van der Waals surface area (Å²) < 4.78 is 5.58. The second-order valence-corrected chi connectivity index (χ2v) is 6.72. The number of amides is 1. The fraction of sp³-hybridized carbons (Fsp3) is 0.0952. The number of rotatable bonds is 2. The van der Waals surface area contributed by atoms with Crippen LogP contribution in [0, 0.1) is 6.92 Å². The van der Waals surface area contributed by atoms with Gasteiger partial charge in [-0.15, -0.1) is 0 Å². The van der Waals surface area contributed by atoms with Crippen molar-refractivity contribution in [3.8, 4) is 0 Å². The molecule has 134 valence electrons. The predicted octanol–water partition coefficient (Wildman–Crippen LogP) is 4.56. The molecule has 2 heterocycles. The maximum atomic E-state index is 12.8. The van der Waals surface area contributed by atoms with Gasteiger partial charge in [0.2, 0.25) is 0 Å². The summed E-state index contributed by atoms with van der Waals surface area (Å²) in [7, 11) is 0. The van der Waals surface area contributed by atoms with Crippen molar-refractivity contribution in [2.24, 2.45) is 5.10 Å². The van der Waals surface area contributed by atoms with E-state index in [2.05, 4.69) is 5.10 Å². The zero-order valence-corrected chi connectivity index (χ0v) is 15.4. The van der Waals surface area contributed by atoms with Gasteiger partial charge < -0.3 is 4.42 Å². The van der Waals surface area contributed by atoms with E-state index in [1.165, 1.54) is 17.3 Å². The van der Waals surface area contributed by atoms with Crippen LogP contribution in [0.15, 0.2) is 68.6 Å². The Balaban J connectivity index is 1.79. The number of para-hydroxylation sites is 1. The topological polar surface area (TPSA) is 62.9 Å². The van der Waals surface area contributed by atoms with Crippen molar-refractivity contribution < 1.29 is 9.21 Å². The lowest BCUT2D eigenvalue weighted by Gasteiger charge is -2.11. The van der Waals surface area contributed by atoms with Crippen molar-refractivity contribution in [1.82, 2.24) is 0 Å². The van der Waals surface area contributed by atoms with Crippen LogP contribution in [0.3, 0.4) is 0 Å². The lowest BCUT2D eigenvalue weighted by atomic mass is 10.1. The summed E-state index contributed by atoms with van der Waals surface area (Å²) in [6.07, 6.45) is 2.87. The normalized spacial score (nSPS) is 15.7. The minimum atomic E-state index is -0.292. The largest absolute Gasteiger partial charge is 0.463 e. The molecule has 2 aromatic carbocycles. The zero-order valence-electron chi connectivity index (χ0n) is 14.7. The van der Waals surface area contributed by atoms with E-state index in [0.29, 0.717) is 33.0 Å². The molecule has 0 atom stereocenters. The first kappa shape index (κ1) is 17.2. The standard InChI is InChI=1S/C21H15ClN2O3/c1-12-8-19-17(10-18(12)22)20(25)14(11-27-19)9-16-13(2)23-24(21(16)26)15-6-4-3-5-7-15/h3-11H,1-2H3/b16-9-. The highest BCUT2D eigenvalue weighted by molar-refractivity contribution is 6.32. The Labute approximate surface area is 160 Å². The Bertz CT molecular complexity index is 1190. The van der Waals surface area contributed by atoms with Gasteiger partial charge in [-0.3, -0.25) is 9.59 Å². The summed E-state index contributed by atoms with van der Waals surface area (Å²) in [5.74, 6) is -0.292. The van der Waals surface area contributed by atoms with Crippen LogP contribution in [0.5, 0.6) is 0 Å². The van der Waals surface area contributed by atoms with Crippen LogP contribution in [0.2, 0.25) is 5.02 Å². The van der Waals surface area contributed by atoms with Crippen molar-refractivity contribution >= 4 is 46.0 Å². The van der Waals surface area contributed by atoms with Gasteiger partial charge in [-0.2, -0.15) is 10.1 Å². The number of carbonyl (C=O) groups excluding carboxylic acids is 1. The molecule has 4 rings (SSSR count). The van der Waals surface area contributed by atoms with E-state index in [1.807, 2.05) is 25.1 Å². The molecule has 0 fully saturated rings. The molecule has 3 aromatic rings. The number of fused-ring (bicyclic) bond motifs is 1. The van der Waals surface area contributed by atoms with Gasteiger partial charge in [-0.1, -0.05) is 29.8 Å². The van der Waals surface area contributed by atoms with E-state index in [1.54, 1.807) is 31.2 Å². The Kier molecular flexibility index (Phi) is 4.16. The highest BCUT2D eigenvalue weighted by Gasteiger charge is 2.29. The van der Waals surface area contributed by atoms with Crippen LogP contribution in [0.1, 0.15) is 18.1 Å². The molecule has 1 amide bonds. The van der Waals surface area contributed by atoms with E-state index in [-0.39, 0.29) is 16.9 Å². The fourth-order valence-electron chi connectivity index (χ4n) is 2.95. The summed E-state index contributed by atoms with van der Waals surface area (Å²) >= 11 is 6.14. The first-order chi connectivity index (χ1) is 13.0. The Morgan fingerprint density at radius 2 is 1.85 bits per heavy atom. The van der Waals surface area contributed by atoms with E-state index in [9.17, 15) is 9.59 Å². The molecular formula is C21H15ClN2O3. The van der Waals surface area contributed by atoms with Crippen molar-refractivity contribution in [1.29, 1.82) is 0 Å². The molecule has 1 aliphatic heterocycles. The monoisotopic (exact) mass is 378 g/mol. The number of aryl methyl sites for hydroxylation is 1. The third-order valence-electron chi connectivity index (χ3n) is 4.44. The molecule has 0 spiro atoms. The van der Waals surface area contributed by atoms with Crippen LogP contribution in [-0.4, -0.2) is 11.6 Å². The number of benzene rings is 2. The van der Waals surface area contributed by atoms with E-state index >= 15 is 0 Å². The molecule has 0 unspecified atom stereocenters. The fourth-order valence-corrected chi connectivity index (χ4v) is 3.11. The molecule has 0 N–H and O–H groups in total. The Morgan fingerprint density at radius 3 is 2.59 bits per heavy atom. The smallest absolute Gasteiger partial charge is 0.280 e. The number of hydrazone groups is 1. The molecule has 27 heavy (non-hydrogen) atoms. The lowest BCUT2D eigenvalue weighted by molar-refractivity contribution is -0.114. The number of carbonyl (C=O) groups is 1. The Hall–Kier alpha value is -3.18. The highest BCUT2D eigenvalue weighted by atomic mass is 35.5. The molecular weight excluding hydrogens is 364 g/mol. The Morgan fingerprint density at radius 1 is 1.11 bits per heavy atom. The summed E-state index contributed by atoms with van der Waals surface area (Å²) in [5, 5.41) is 6.50. The molecule has 0 radical (unpaired) electrons. The molecule has 1 aliphatic rings. The molecule has 0 aliphatic carbocycles. The molecule has 5 nitrogen and oxygen atoms in total. The van der Waals surface area contributed by atoms with Crippen molar-refractivity contribution in [3.05, 3.63) is 80.7 Å². The third kappa shape index (κ3) is 2.96. The summed E-state index contributed by atoms with van der Waals surface area (Å²) in [6, 6.07) is 12.4. The predicted molar refractivity (Wildman–Crippen MR) is 107 cm³/mol. The summed E-state index contributed by atoms with van der Waals surface area (Å²) in [4.78, 5) is 25.6. The number of halogens is 1. The molecule has 0 saturated carbocycles. The van der Waals surface area contributed by atoms with Crippen molar-refractivity contribution in [2.45, 2.75) is 13.8 Å². The molecule has 6 heteroatoms. The first-order valence-corrected chi connectivity index (χ1v) is 8.72. The quantitative estimate of drug-likeness (QED) is 0.614. The highest BCUT2D eigenvalue weighted by Crippen LogP contribution is 2.25. The minimum Gasteiger partial charge on any atom is -0.463 e. The summed E-state index contributed by atoms with van der Waals surface area (Å²) in [5.41, 5.74) is 2.86. The number of nitrogens with zero attached hydrogens (tertiary/aromatic N) is 2. The van der Waals surface area contributed by atoms with Crippen LogP contribution in [0.25, 0.3) is 17.0 Å². The third-order valence-corrected chi connectivity index (χ3v) is 4.85. The van der Waals surface area contributed by atoms with Crippen molar-refractivity contribution in [2.75, 3.05) is 5.01 Å². The average Bonchev–Trinajstić information content (AvgIpc) is 2.94. The van der Waals surface area contributed by atoms with E-state index in [0.717, 1.165) is 5.56 Å². The molecule has 1 aromatic heterocycles. The van der Waals surface area contributed by atoms with Crippen molar-refractivity contribution in [3.63, 3.8) is 0 Å². The zero-order chi connectivity index (χ0) is 19.1. The van der Waals surface area contributed by atoms with Crippen LogP contribution < -0.4 is 10.4 Å². The molecule has 0 bridgehead atoms. The van der Waals surface area contributed by atoms with Gasteiger partial charge in [-0.05, 0) is 49.8 Å². The van der Waals surface area contributed by atoms with Gasteiger partial charge in [0.1, 0.15) is 11.8 Å². The number of anilines is 1. The van der Waals surface area contributed by atoms with Crippen LogP contribution >= 0.6 is 11.6 Å². The van der Waals surface area contributed by atoms with Gasteiger partial charge in [0, 0.05) is 5.02 Å². The second-order valence-electron chi connectivity index (χ2n) is 6.31.